The summed E-state index contributed by atoms with van der Waals surface area (Å²) in [5, 5.41) is 8.93. The maximum atomic E-state index is 8.93. The Bertz CT molecular complexity index is 447. The predicted molar refractivity (Wildman–Crippen MR) is 74.7 cm³/mol. The molecule has 2 N–H and O–H groups in total. The Hall–Kier alpha value is -1.89. The molecule has 0 aliphatic heterocycles. The molecular formula is C14H21N3O. The Morgan fingerprint density at radius 1 is 1.39 bits per heavy atom. The molecule has 0 aromatic heterocycles. The number of rotatable bonds is 5. The van der Waals surface area contributed by atoms with Crippen LogP contribution >= 0.6 is 0 Å². The van der Waals surface area contributed by atoms with Gasteiger partial charge in [-0.1, -0.05) is 0 Å². The lowest BCUT2D eigenvalue weighted by Gasteiger charge is -2.18. The molecule has 0 spiro atoms. The zero-order chi connectivity index (χ0) is 13.8. The maximum absolute atomic E-state index is 8.93. The number of ether oxygens (including phenoxy) is 1. The molecule has 0 atom stereocenters. The lowest BCUT2D eigenvalue weighted by molar-refractivity contribution is 0.265. The fraction of sp³-hybridized carbons (Fsp3) is 0.500. The molecule has 0 aliphatic carbocycles. The quantitative estimate of drug-likeness (QED) is 0.812. The molecule has 0 unspecified atom stereocenters. The SMILES string of the molecule is CN(C)c1ccc(N)c(OCCC(C)(C)C#N)c1. The van der Waals surface area contributed by atoms with E-state index in [1.807, 2.05) is 51.0 Å². The van der Waals surface area contributed by atoms with Crippen LogP contribution in [0, 0.1) is 16.7 Å². The van der Waals surface area contributed by atoms with E-state index in [9.17, 15) is 0 Å². The first kappa shape index (κ1) is 14.2. The number of nitrogens with zero attached hydrogens (tertiary/aromatic N) is 2. The zero-order valence-corrected chi connectivity index (χ0v) is 11.5. The van der Waals surface area contributed by atoms with Gasteiger partial charge in [0.25, 0.3) is 0 Å². The van der Waals surface area contributed by atoms with Crippen LogP contribution in [0.1, 0.15) is 20.3 Å². The number of anilines is 2. The van der Waals surface area contributed by atoms with Gasteiger partial charge < -0.3 is 15.4 Å². The normalized spacial score (nSPS) is 10.8. The topological polar surface area (TPSA) is 62.3 Å². The number of benzene rings is 1. The molecule has 0 amide bonds. The first-order chi connectivity index (χ1) is 8.35. The smallest absolute Gasteiger partial charge is 0.144 e. The third kappa shape index (κ3) is 3.85. The predicted octanol–water partition coefficient (Wildman–Crippen LogP) is 2.65. The van der Waals surface area contributed by atoms with Crippen molar-refractivity contribution < 1.29 is 4.74 Å². The van der Waals surface area contributed by atoms with E-state index < -0.39 is 0 Å². The number of nitrogens with two attached hydrogens (primary N) is 1. The standard InChI is InChI=1S/C14H21N3O/c1-14(2,10-15)7-8-18-13-9-11(17(3)4)5-6-12(13)16/h5-6,9H,7-8,16H2,1-4H3. The second-order valence-electron chi connectivity index (χ2n) is 5.21. The Kier molecular flexibility index (Phi) is 4.43. The van der Waals surface area contributed by atoms with Gasteiger partial charge in [0.2, 0.25) is 0 Å². The molecule has 18 heavy (non-hydrogen) atoms. The van der Waals surface area contributed by atoms with Crippen molar-refractivity contribution in [3.63, 3.8) is 0 Å². The summed E-state index contributed by atoms with van der Waals surface area (Å²) in [5.74, 6) is 0.676. The van der Waals surface area contributed by atoms with Gasteiger partial charge in [-0.05, 0) is 32.4 Å². The van der Waals surface area contributed by atoms with Crippen molar-refractivity contribution in [1.29, 1.82) is 5.26 Å². The van der Waals surface area contributed by atoms with E-state index in [0.717, 1.165) is 5.69 Å². The van der Waals surface area contributed by atoms with Crippen molar-refractivity contribution >= 4 is 11.4 Å². The van der Waals surface area contributed by atoms with Crippen molar-refractivity contribution in [2.24, 2.45) is 5.41 Å². The van der Waals surface area contributed by atoms with Crippen molar-refractivity contribution in [2.75, 3.05) is 31.3 Å². The Morgan fingerprint density at radius 2 is 2.06 bits per heavy atom. The van der Waals surface area contributed by atoms with Crippen LogP contribution in [0.25, 0.3) is 0 Å². The van der Waals surface area contributed by atoms with E-state index >= 15 is 0 Å². The number of nitriles is 1. The average Bonchev–Trinajstić information content (AvgIpc) is 2.31. The summed E-state index contributed by atoms with van der Waals surface area (Å²) in [6, 6.07) is 7.94. The largest absolute Gasteiger partial charge is 0.491 e. The second kappa shape index (κ2) is 5.63. The minimum absolute atomic E-state index is 0.367. The molecule has 0 bridgehead atoms. The second-order valence-corrected chi connectivity index (χ2v) is 5.21. The Labute approximate surface area is 109 Å². The molecule has 1 aromatic carbocycles. The van der Waals surface area contributed by atoms with E-state index in [1.54, 1.807) is 0 Å². The van der Waals surface area contributed by atoms with Gasteiger partial charge in [0.15, 0.2) is 0 Å². The highest BCUT2D eigenvalue weighted by Gasteiger charge is 2.16. The summed E-state index contributed by atoms with van der Waals surface area (Å²) in [7, 11) is 3.93. The van der Waals surface area contributed by atoms with Crippen LogP contribution in [0.15, 0.2) is 18.2 Å². The van der Waals surface area contributed by atoms with Gasteiger partial charge in [-0.15, -0.1) is 0 Å². The van der Waals surface area contributed by atoms with Crippen molar-refractivity contribution in [2.45, 2.75) is 20.3 Å². The van der Waals surface area contributed by atoms with Crippen LogP contribution < -0.4 is 15.4 Å². The van der Waals surface area contributed by atoms with Crippen molar-refractivity contribution in [3.05, 3.63) is 18.2 Å². The number of hydrogen-bond acceptors (Lipinski definition) is 4. The van der Waals surface area contributed by atoms with Gasteiger partial charge in [-0.3, -0.25) is 0 Å². The minimum Gasteiger partial charge on any atom is -0.491 e. The monoisotopic (exact) mass is 247 g/mol. The fourth-order valence-electron chi connectivity index (χ4n) is 1.40. The van der Waals surface area contributed by atoms with Crippen LogP contribution in [0.5, 0.6) is 5.75 Å². The summed E-state index contributed by atoms with van der Waals surface area (Å²) in [5.41, 5.74) is 7.16. The molecule has 1 rings (SSSR count). The van der Waals surface area contributed by atoms with Gasteiger partial charge in [0.05, 0.1) is 23.8 Å². The maximum Gasteiger partial charge on any atom is 0.144 e. The molecule has 0 saturated heterocycles. The Balaban J connectivity index is 2.68. The fourth-order valence-corrected chi connectivity index (χ4v) is 1.40. The van der Waals surface area contributed by atoms with Crippen LogP contribution in [0.2, 0.25) is 0 Å². The number of nitrogen functional groups attached to an aromatic ring is 1. The lowest BCUT2D eigenvalue weighted by Crippen LogP contribution is -2.14. The first-order valence-corrected chi connectivity index (χ1v) is 5.96. The molecule has 0 aliphatic rings. The molecule has 0 heterocycles. The highest BCUT2D eigenvalue weighted by molar-refractivity contribution is 5.61. The highest BCUT2D eigenvalue weighted by Crippen LogP contribution is 2.28. The van der Waals surface area contributed by atoms with Crippen molar-refractivity contribution in [3.8, 4) is 11.8 Å². The van der Waals surface area contributed by atoms with E-state index in [2.05, 4.69) is 6.07 Å². The molecule has 4 heteroatoms. The van der Waals surface area contributed by atoms with E-state index in [-0.39, 0.29) is 5.41 Å². The molecule has 0 fully saturated rings. The molecule has 0 saturated carbocycles. The van der Waals surface area contributed by atoms with E-state index in [0.29, 0.717) is 24.5 Å². The minimum atomic E-state index is -0.367. The summed E-state index contributed by atoms with van der Waals surface area (Å²) in [6.07, 6.45) is 0.676. The van der Waals surface area contributed by atoms with Crippen LogP contribution in [0.4, 0.5) is 11.4 Å². The van der Waals surface area contributed by atoms with E-state index in [1.165, 1.54) is 0 Å². The highest BCUT2D eigenvalue weighted by atomic mass is 16.5. The summed E-state index contributed by atoms with van der Waals surface area (Å²) in [6.45, 7) is 4.29. The molecule has 1 aromatic rings. The lowest BCUT2D eigenvalue weighted by atomic mass is 9.92. The van der Waals surface area contributed by atoms with Gasteiger partial charge in [0, 0.05) is 25.8 Å². The summed E-state index contributed by atoms with van der Waals surface area (Å²) in [4.78, 5) is 1.99. The Morgan fingerprint density at radius 3 is 2.61 bits per heavy atom. The molecule has 4 nitrogen and oxygen atoms in total. The number of hydrogen-bond donors (Lipinski definition) is 1. The molecular weight excluding hydrogens is 226 g/mol. The zero-order valence-electron chi connectivity index (χ0n) is 11.5. The average molecular weight is 247 g/mol. The van der Waals surface area contributed by atoms with Gasteiger partial charge >= 0.3 is 0 Å². The third-order valence-corrected chi connectivity index (χ3v) is 2.80. The summed E-state index contributed by atoms with van der Waals surface area (Å²) < 4.78 is 5.66. The van der Waals surface area contributed by atoms with E-state index in [4.69, 9.17) is 15.7 Å². The van der Waals surface area contributed by atoms with Crippen LogP contribution in [-0.2, 0) is 0 Å². The third-order valence-electron chi connectivity index (χ3n) is 2.80. The van der Waals surface area contributed by atoms with Gasteiger partial charge in [-0.2, -0.15) is 5.26 Å². The first-order valence-electron chi connectivity index (χ1n) is 5.96. The van der Waals surface area contributed by atoms with Gasteiger partial charge in [0.1, 0.15) is 5.75 Å². The van der Waals surface area contributed by atoms with Crippen molar-refractivity contribution in [1.82, 2.24) is 0 Å². The van der Waals surface area contributed by atoms with Crippen LogP contribution in [0.3, 0.4) is 0 Å². The van der Waals surface area contributed by atoms with Crippen LogP contribution in [-0.4, -0.2) is 20.7 Å². The van der Waals surface area contributed by atoms with Gasteiger partial charge in [-0.25, -0.2) is 0 Å². The molecule has 0 radical (unpaired) electrons. The molecule has 98 valence electrons. The summed E-state index contributed by atoms with van der Waals surface area (Å²) >= 11 is 0.